The normalized spacial score (nSPS) is 26.7. The van der Waals surface area contributed by atoms with Gasteiger partial charge in [-0.25, -0.2) is 0 Å². The van der Waals surface area contributed by atoms with Gasteiger partial charge >= 0.3 is 0 Å². The minimum absolute atomic E-state index is 0.0986. The van der Waals surface area contributed by atoms with Crippen molar-refractivity contribution >= 4 is 0 Å². The first-order valence-corrected chi connectivity index (χ1v) is 8.82. The van der Waals surface area contributed by atoms with Gasteiger partial charge in [0.2, 0.25) is 0 Å². The van der Waals surface area contributed by atoms with Crippen LogP contribution >= 0.6 is 0 Å². The zero-order valence-corrected chi connectivity index (χ0v) is 14.4. The van der Waals surface area contributed by atoms with E-state index in [-0.39, 0.29) is 12.1 Å². The van der Waals surface area contributed by atoms with Crippen molar-refractivity contribution in [3.05, 3.63) is 0 Å². The molecule has 1 aliphatic heterocycles. The number of aliphatic hydroxyl groups excluding tert-OH is 1. The van der Waals surface area contributed by atoms with Crippen molar-refractivity contribution in [3.8, 4) is 0 Å². The number of nitrogens with one attached hydrogen (secondary N) is 1. The smallest absolute Gasteiger partial charge is 0.0628 e. The molecule has 1 saturated heterocycles. The highest BCUT2D eigenvalue weighted by Crippen LogP contribution is 2.40. The first kappa shape index (κ1) is 17.2. The van der Waals surface area contributed by atoms with Gasteiger partial charge in [-0.15, -0.1) is 0 Å². The van der Waals surface area contributed by atoms with Crippen LogP contribution in [0.3, 0.4) is 0 Å². The lowest BCUT2D eigenvalue weighted by molar-refractivity contribution is 0.0828. The summed E-state index contributed by atoms with van der Waals surface area (Å²) in [7, 11) is 2.22. The molecule has 1 aliphatic carbocycles. The third-order valence-corrected chi connectivity index (χ3v) is 5.20. The predicted molar refractivity (Wildman–Crippen MR) is 88.6 cm³/mol. The molecule has 0 bridgehead atoms. The highest BCUT2D eigenvalue weighted by atomic mass is 16.3. The molecule has 1 heterocycles. The summed E-state index contributed by atoms with van der Waals surface area (Å²) in [5, 5.41) is 13.7. The average Bonchev–Trinajstić information content (AvgIpc) is 3.19. The summed E-state index contributed by atoms with van der Waals surface area (Å²) in [6.07, 6.45) is 5.19. The van der Waals surface area contributed by atoms with Gasteiger partial charge < -0.3 is 15.3 Å². The molecule has 124 valence electrons. The van der Waals surface area contributed by atoms with Crippen LogP contribution < -0.4 is 5.32 Å². The zero-order valence-electron chi connectivity index (χ0n) is 14.4. The summed E-state index contributed by atoms with van der Waals surface area (Å²) in [6.45, 7) is 11.4. The van der Waals surface area contributed by atoms with Gasteiger partial charge in [-0.2, -0.15) is 0 Å². The fourth-order valence-corrected chi connectivity index (χ4v) is 4.15. The van der Waals surface area contributed by atoms with Gasteiger partial charge in [0.15, 0.2) is 0 Å². The molecule has 0 spiro atoms. The number of nitrogens with zero attached hydrogens (tertiary/aromatic N) is 2. The van der Waals surface area contributed by atoms with E-state index in [0.717, 1.165) is 19.6 Å². The summed E-state index contributed by atoms with van der Waals surface area (Å²) in [4.78, 5) is 5.05. The van der Waals surface area contributed by atoms with Crippen molar-refractivity contribution < 1.29 is 5.11 Å². The molecule has 2 N–H and O–H groups in total. The van der Waals surface area contributed by atoms with Crippen LogP contribution in [0.25, 0.3) is 0 Å². The molecule has 2 fully saturated rings. The van der Waals surface area contributed by atoms with E-state index in [9.17, 15) is 5.11 Å². The number of rotatable bonds is 9. The third-order valence-electron chi connectivity index (χ3n) is 5.20. The molecule has 1 saturated carbocycles. The Labute approximate surface area is 130 Å². The van der Waals surface area contributed by atoms with Crippen LogP contribution in [0, 0.1) is 5.92 Å². The number of likely N-dealkylation sites (tertiary alicyclic amines) is 1. The molecule has 21 heavy (non-hydrogen) atoms. The molecule has 2 unspecified atom stereocenters. The SMILES string of the molecule is CCN1CCCC1CN(C)CC(CO)(NC(C)C)C1CC1. The zero-order chi connectivity index (χ0) is 15.5. The molecule has 0 amide bonds. The lowest BCUT2D eigenvalue weighted by Gasteiger charge is -2.40. The van der Waals surface area contributed by atoms with E-state index in [1.807, 2.05) is 0 Å². The minimum atomic E-state index is -0.0986. The Bertz CT molecular complexity index is 319. The predicted octanol–water partition coefficient (Wildman–Crippen LogP) is 1.54. The summed E-state index contributed by atoms with van der Waals surface area (Å²) < 4.78 is 0. The van der Waals surface area contributed by atoms with Gasteiger partial charge in [0, 0.05) is 25.2 Å². The Morgan fingerprint density at radius 1 is 1.33 bits per heavy atom. The van der Waals surface area contributed by atoms with Crippen LogP contribution in [-0.2, 0) is 0 Å². The third kappa shape index (κ3) is 4.41. The molecule has 4 heteroatoms. The molecule has 0 aromatic carbocycles. The minimum Gasteiger partial charge on any atom is -0.394 e. The highest BCUT2D eigenvalue weighted by molar-refractivity contribution is 5.03. The molecule has 2 atom stereocenters. The molecule has 4 nitrogen and oxygen atoms in total. The van der Waals surface area contributed by atoms with Gasteiger partial charge in [0.25, 0.3) is 0 Å². The molecule has 2 rings (SSSR count). The number of aliphatic hydroxyl groups is 1. The Balaban J connectivity index is 1.92. The Morgan fingerprint density at radius 2 is 2.05 bits per heavy atom. The van der Waals surface area contributed by atoms with Crippen molar-refractivity contribution in [2.45, 2.75) is 64.1 Å². The maximum Gasteiger partial charge on any atom is 0.0628 e. The van der Waals surface area contributed by atoms with Crippen molar-refractivity contribution in [1.29, 1.82) is 0 Å². The average molecular weight is 297 g/mol. The fraction of sp³-hybridized carbons (Fsp3) is 1.00. The van der Waals surface area contributed by atoms with Crippen molar-refractivity contribution in [3.63, 3.8) is 0 Å². The van der Waals surface area contributed by atoms with E-state index >= 15 is 0 Å². The van der Waals surface area contributed by atoms with E-state index in [4.69, 9.17) is 0 Å². The number of hydrogen-bond acceptors (Lipinski definition) is 4. The van der Waals surface area contributed by atoms with Gasteiger partial charge in [0.1, 0.15) is 0 Å². The van der Waals surface area contributed by atoms with Gasteiger partial charge in [-0.3, -0.25) is 4.90 Å². The van der Waals surface area contributed by atoms with Crippen LogP contribution in [0.1, 0.15) is 46.5 Å². The van der Waals surface area contributed by atoms with Gasteiger partial charge in [-0.1, -0.05) is 20.8 Å². The first-order chi connectivity index (χ1) is 10.0. The maximum absolute atomic E-state index is 10.0. The number of likely N-dealkylation sites (N-methyl/N-ethyl adjacent to an activating group) is 2. The topological polar surface area (TPSA) is 38.7 Å². The summed E-state index contributed by atoms with van der Waals surface area (Å²) in [5.74, 6) is 0.651. The summed E-state index contributed by atoms with van der Waals surface area (Å²) >= 11 is 0. The van der Waals surface area contributed by atoms with Crippen LogP contribution in [-0.4, -0.2) is 72.4 Å². The van der Waals surface area contributed by atoms with E-state index < -0.39 is 0 Å². The first-order valence-electron chi connectivity index (χ1n) is 8.82. The van der Waals surface area contributed by atoms with Crippen LogP contribution in [0.15, 0.2) is 0 Å². The molecule has 0 aromatic heterocycles. The van der Waals surface area contributed by atoms with Crippen LogP contribution in [0.5, 0.6) is 0 Å². The van der Waals surface area contributed by atoms with Crippen molar-refractivity contribution in [2.24, 2.45) is 5.92 Å². The quantitative estimate of drug-likeness (QED) is 0.677. The second-order valence-corrected chi connectivity index (χ2v) is 7.51. The standard InChI is InChI=1S/C17H35N3O/c1-5-20-10-6-7-16(20)11-19(4)12-17(13-21,15-8-9-15)18-14(2)3/h14-16,18,21H,5-13H2,1-4H3. The van der Waals surface area contributed by atoms with Crippen molar-refractivity contribution in [1.82, 2.24) is 15.1 Å². The van der Waals surface area contributed by atoms with Crippen LogP contribution in [0.2, 0.25) is 0 Å². The fourth-order valence-electron chi connectivity index (χ4n) is 4.15. The summed E-state index contributed by atoms with van der Waals surface area (Å²) in [5.41, 5.74) is -0.0986. The monoisotopic (exact) mass is 297 g/mol. The van der Waals surface area contributed by atoms with Crippen LogP contribution in [0.4, 0.5) is 0 Å². The largest absolute Gasteiger partial charge is 0.394 e. The summed E-state index contributed by atoms with van der Waals surface area (Å²) in [6, 6.07) is 1.12. The lowest BCUT2D eigenvalue weighted by Crippen LogP contribution is -2.60. The molecule has 0 aromatic rings. The van der Waals surface area contributed by atoms with Gasteiger partial charge in [-0.05, 0) is 51.7 Å². The van der Waals surface area contributed by atoms with E-state index in [0.29, 0.717) is 18.0 Å². The van der Waals surface area contributed by atoms with Crippen molar-refractivity contribution in [2.75, 3.05) is 39.8 Å². The molecular weight excluding hydrogens is 262 g/mol. The maximum atomic E-state index is 10.0. The van der Waals surface area contributed by atoms with E-state index in [1.165, 1.54) is 32.2 Å². The van der Waals surface area contributed by atoms with E-state index in [2.05, 4.69) is 42.9 Å². The second kappa shape index (κ2) is 7.40. The Hall–Kier alpha value is -0.160. The Morgan fingerprint density at radius 3 is 2.57 bits per heavy atom. The number of hydrogen-bond donors (Lipinski definition) is 2. The molecule has 0 radical (unpaired) electrons. The molecule has 2 aliphatic rings. The molecular formula is C17H35N3O. The van der Waals surface area contributed by atoms with E-state index in [1.54, 1.807) is 0 Å². The highest BCUT2D eigenvalue weighted by Gasteiger charge is 2.45. The second-order valence-electron chi connectivity index (χ2n) is 7.51. The Kier molecular flexibility index (Phi) is 6.06. The van der Waals surface area contributed by atoms with Gasteiger partial charge in [0.05, 0.1) is 12.1 Å². The lowest BCUT2D eigenvalue weighted by atomic mass is 9.92.